The molecule has 0 atom stereocenters. The zero-order valence-electron chi connectivity index (χ0n) is 9.18. The average Bonchev–Trinajstić information content (AvgIpc) is 2.34. The van der Waals surface area contributed by atoms with Crippen LogP contribution in [-0.4, -0.2) is 11.3 Å². The van der Waals surface area contributed by atoms with Gasteiger partial charge >= 0.3 is 0 Å². The second-order valence-electron chi connectivity index (χ2n) is 3.58. The van der Waals surface area contributed by atoms with E-state index in [1.54, 1.807) is 24.4 Å². The van der Waals surface area contributed by atoms with Crippen molar-refractivity contribution in [3.63, 3.8) is 0 Å². The van der Waals surface area contributed by atoms with Crippen LogP contribution in [0.15, 0.2) is 36.7 Å². The van der Waals surface area contributed by atoms with Crippen LogP contribution in [0.4, 0.5) is 0 Å². The molecule has 17 heavy (non-hydrogen) atoms. The summed E-state index contributed by atoms with van der Waals surface area (Å²) in [6, 6.07) is 7.02. The molecule has 0 radical (unpaired) electrons. The summed E-state index contributed by atoms with van der Waals surface area (Å²) >= 11 is 5.89. The number of nitrogens with zero attached hydrogens (tertiary/aromatic N) is 1. The van der Waals surface area contributed by atoms with Crippen LogP contribution in [0.25, 0.3) is 0 Å². The maximum Gasteiger partial charge on any atom is 0.151 e. The van der Waals surface area contributed by atoms with Crippen molar-refractivity contribution in [2.75, 3.05) is 0 Å². The lowest BCUT2D eigenvalue weighted by atomic mass is 10.2. The quantitative estimate of drug-likeness (QED) is 0.777. The number of carbonyl (C=O) groups is 1. The van der Waals surface area contributed by atoms with Gasteiger partial charge in [-0.1, -0.05) is 17.7 Å². The summed E-state index contributed by atoms with van der Waals surface area (Å²) in [5, 5.41) is 0.602. The van der Waals surface area contributed by atoms with E-state index in [9.17, 15) is 4.79 Å². The van der Waals surface area contributed by atoms with E-state index in [1.807, 2.05) is 13.0 Å². The Labute approximate surface area is 104 Å². The van der Waals surface area contributed by atoms with Crippen LogP contribution in [0, 0.1) is 6.92 Å². The Balaban J connectivity index is 2.30. The van der Waals surface area contributed by atoms with Crippen molar-refractivity contribution in [2.24, 2.45) is 0 Å². The van der Waals surface area contributed by atoms with Crippen molar-refractivity contribution in [3.8, 4) is 11.5 Å². The molecule has 0 aliphatic rings. The highest BCUT2D eigenvalue weighted by Crippen LogP contribution is 2.27. The number of pyridine rings is 1. The number of hydrogen-bond donors (Lipinski definition) is 0. The summed E-state index contributed by atoms with van der Waals surface area (Å²) in [4.78, 5) is 14.5. The fourth-order valence-electron chi connectivity index (χ4n) is 1.37. The van der Waals surface area contributed by atoms with Gasteiger partial charge in [0.1, 0.15) is 11.5 Å². The molecule has 0 bridgehead atoms. The number of benzene rings is 1. The SMILES string of the molecule is Cc1ccc(Cl)cc1Oc1cncc(C=O)c1. The van der Waals surface area contributed by atoms with E-state index in [1.165, 1.54) is 6.20 Å². The molecule has 0 aliphatic carbocycles. The Bertz CT molecular complexity index is 555. The van der Waals surface area contributed by atoms with Gasteiger partial charge in [-0.25, -0.2) is 0 Å². The summed E-state index contributed by atoms with van der Waals surface area (Å²) in [6.45, 7) is 1.92. The van der Waals surface area contributed by atoms with E-state index in [0.29, 0.717) is 22.1 Å². The van der Waals surface area contributed by atoms with Gasteiger partial charge in [0.25, 0.3) is 0 Å². The van der Waals surface area contributed by atoms with Crippen LogP contribution in [0.1, 0.15) is 15.9 Å². The van der Waals surface area contributed by atoms with Crippen molar-refractivity contribution in [1.82, 2.24) is 4.98 Å². The summed E-state index contributed by atoms with van der Waals surface area (Å²) in [6.07, 6.45) is 3.75. The number of halogens is 1. The normalized spacial score (nSPS) is 10.0. The lowest BCUT2D eigenvalue weighted by Crippen LogP contribution is -1.90. The molecular formula is C13H10ClNO2. The topological polar surface area (TPSA) is 39.2 Å². The molecule has 86 valence electrons. The fraction of sp³-hybridized carbons (Fsp3) is 0.0769. The van der Waals surface area contributed by atoms with E-state index in [2.05, 4.69) is 4.98 Å². The maximum absolute atomic E-state index is 10.6. The predicted molar refractivity (Wildman–Crippen MR) is 65.9 cm³/mol. The van der Waals surface area contributed by atoms with Crippen LogP contribution in [0.5, 0.6) is 11.5 Å². The van der Waals surface area contributed by atoms with Gasteiger partial charge in [-0.05, 0) is 30.7 Å². The molecule has 0 aliphatic heterocycles. The van der Waals surface area contributed by atoms with E-state index in [-0.39, 0.29) is 0 Å². The largest absolute Gasteiger partial charge is 0.455 e. The molecule has 0 amide bonds. The van der Waals surface area contributed by atoms with Crippen molar-refractivity contribution < 1.29 is 9.53 Å². The molecule has 0 fully saturated rings. The first-order chi connectivity index (χ1) is 8.19. The van der Waals surface area contributed by atoms with Gasteiger partial charge in [-0.3, -0.25) is 9.78 Å². The minimum atomic E-state index is 0.474. The highest BCUT2D eigenvalue weighted by molar-refractivity contribution is 6.30. The average molecular weight is 248 g/mol. The van der Waals surface area contributed by atoms with E-state index in [0.717, 1.165) is 11.8 Å². The molecule has 3 nitrogen and oxygen atoms in total. The molecular weight excluding hydrogens is 238 g/mol. The summed E-state index contributed by atoms with van der Waals surface area (Å²) < 4.78 is 5.63. The van der Waals surface area contributed by atoms with E-state index >= 15 is 0 Å². The zero-order chi connectivity index (χ0) is 12.3. The van der Waals surface area contributed by atoms with Gasteiger partial charge in [0, 0.05) is 16.8 Å². The molecule has 4 heteroatoms. The summed E-state index contributed by atoms with van der Waals surface area (Å²) in [5.41, 5.74) is 1.44. The zero-order valence-corrected chi connectivity index (χ0v) is 9.94. The number of hydrogen-bond acceptors (Lipinski definition) is 3. The highest BCUT2D eigenvalue weighted by Gasteiger charge is 2.03. The first-order valence-electron chi connectivity index (χ1n) is 5.03. The smallest absolute Gasteiger partial charge is 0.151 e. The molecule has 0 unspecified atom stereocenters. The number of aldehydes is 1. The van der Waals surface area contributed by atoms with E-state index in [4.69, 9.17) is 16.3 Å². The molecule has 0 saturated heterocycles. The van der Waals surface area contributed by atoms with Crippen LogP contribution in [0.3, 0.4) is 0 Å². The van der Waals surface area contributed by atoms with Gasteiger partial charge in [0.2, 0.25) is 0 Å². The van der Waals surface area contributed by atoms with Crippen molar-refractivity contribution in [3.05, 3.63) is 52.8 Å². The molecule has 2 aromatic rings. The van der Waals surface area contributed by atoms with Crippen molar-refractivity contribution in [1.29, 1.82) is 0 Å². The third kappa shape index (κ3) is 2.82. The Morgan fingerprint density at radius 3 is 2.88 bits per heavy atom. The molecule has 0 saturated carbocycles. The lowest BCUT2D eigenvalue weighted by Gasteiger charge is -2.08. The molecule has 1 aromatic carbocycles. The van der Waals surface area contributed by atoms with Gasteiger partial charge in [-0.15, -0.1) is 0 Å². The third-order valence-corrected chi connectivity index (χ3v) is 2.48. The van der Waals surface area contributed by atoms with Gasteiger partial charge in [-0.2, -0.15) is 0 Å². The number of aryl methyl sites for hydroxylation is 1. The lowest BCUT2D eigenvalue weighted by molar-refractivity contribution is 0.112. The van der Waals surface area contributed by atoms with Crippen molar-refractivity contribution >= 4 is 17.9 Å². The minimum Gasteiger partial charge on any atom is -0.455 e. The van der Waals surface area contributed by atoms with Gasteiger partial charge in [0.05, 0.1) is 6.20 Å². The minimum absolute atomic E-state index is 0.474. The van der Waals surface area contributed by atoms with Gasteiger partial charge < -0.3 is 4.74 Å². The first-order valence-corrected chi connectivity index (χ1v) is 5.41. The second kappa shape index (κ2) is 4.97. The Morgan fingerprint density at radius 2 is 2.12 bits per heavy atom. The molecule has 0 N–H and O–H groups in total. The van der Waals surface area contributed by atoms with Crippen LogP contribution < -0.4 is 4.74 Å². The monoisotopic (exact) mass is 247 g/mol. The first kappa shape index (κ1) is 11.6. The molecule has 1 heterocycles. The number of carbonyl (C=O) groups excluding carboxylic acids is 1. The third-order valence-electron chi connectivity index (χ3n) is 2.25. The van der Waals surface area contributed by atoms with Crippen LogP contribution in [0.2, 0.25) is 5.02 Å². The highest BCUT2D eigenvalue weighted by atomic mass is 35.5. The molecule has 0 spiro atoms. The Hall–Kier alpha value is -1.87. The maximum atomic E-state index is 10.6. The second-order valence-corrected chi connectivity index (χ2v) is 4.02. The summed E-state index contributed by atoms with van der Waals surface area (Å²) in [5.74, 6) is 1.17. The molecule has 2 rings (SSSR count). The van der Waals surface area contributed by atoms with Crippen LogP contribution in [-0.2, 0) is 0 Å². The van der Waals surface area contributed by atoms with Gasteiger partial charge in [0.15, 0.2) is 6.29 Å². The fourth-order valence-corrected chi connectivity index (χ4v) is 1.53. The van der Waals surface area contributed by atoms with Crippen molar-refractivity contribution in [2.45, 2.75) is 6.92 Å². The van der Waals surface area contributed by atoms with E-state index < -0.39 is 0 Å². The van der Waals surface area contributed by atoms with Crippen LogP contribution >= 0.6 is 11.6 Å². The predicted octanol–water partition coefficient (Wildman–Crippen LogP) is 3.65. The molecule has 1 aromatic heterocycles. The summed E-state index contributed by atoms with van der Waals surface area (Å²) in [7, 11) is 0. The standard InChI is InChI=1S/C13H10ClNO2/c1-9-2-3-11(14)5-13(9)17-12-4-10(8-16)6-15-7-12/h2-8H,1H3. The number of rotatable bonds is 3. The number of ether oxygens (including phenoxy) is 1. The number of aromatic nitrogens is 1. The Kier molecular flexibility index (Phi) is 3.40. The Morgan fingerprint density at radius 1 is 1.29 bits per heavy atom.